The highest BCUT2D eigenvalue weighted by molar-refractivity contribution is 7.80. The van der Waals surface area contributed by atoms with Crippen LogP contribution >= 0.6 is 12.2 Å². The first kappa shape index (κ1) is 17.0. The number of rotatable bonds is 4. The van der Waals surface area contributed by atoms with Crippen LogP contribution in [0.1, 0.15) is 43.7 Å². The van der Waals surface area contributed by atoms with E-state index in [0.29, 0.717) is 17.1 Å². The minimum Gasteiger partial charge on any atom is -0.359 e. The van der Waals surface area contributed by atoms with Gasteiger partial charge >= 0.3 is 0 Å². The summed E-state index contributed by atoms with van der Waals surface area (Å²) >= 11 is 5.47. The summed E-state index contributed by atoms with van der Waals surface area (Å²) in [5, 5.41) is 11.9. The Morgan fingerprint density at radius 3 is 2.88 bits per heavy atom. The second-order valence-corrected chi connectivity index (χ2v) is 7.23. The first-order valence-electron chi connectivity index (χ1n) is 8.76. The fourth-order valence-electron chi connectivity index (χ4n) is 3.34. The van der Waals surface area contributed by atoms with Crippen molar-refractivity contribution in [2.75, 3.05) is 5.32 Å². The van der Waals surface area contributed by atoms with E-state index in [-0.39, 0.29) is 0 Å². The zero-order chi connectivity index (χ0) is 16.9. The number of hydrogen-bond acceptors (Lipinski definition) is 2. The van der Waals surface area contributed by atoms with Crippen LogP contribution in [0.25, 0.3) is 0 Å². The number of anilines is 1. The molecule has 1 heterocycles. The molecule has 24 heavy (non-hydrogen) atoms. The molecular weight excluding hydrogens is 316 g/mol. The maximum atomic E-state index is 5.47. The Bertz CT molecular complexity index is 694. The van der Waals surface area contributed by atoms with Crippen LogP contribution in [0.2, 0.25) is 0 Å². The molecule has 0 radical (unpaired) electrons. The number of hydrogen-bond donors (Lipinski definition) is 2. The molecule has 0 spiro atoms. The van der Waals surface area contributed by atoms with Crippen molar-refractivity contribution in [1.29, 1.82) is 0 Å². The summed E-state index contributed by atoms with van der Waals surface area (Å²) in [5.41, 5.74) is 3.50. The van der Waals surface area contributed by atoms with Crippen molar-refractivity contribution in [3.05, 3.63) is 47.8 Å². The maximum absolute atomic E-state index is 5.47. The van der Waals surface area contributed by atoms with Gasteiger partial charge in [0.15, 0.2) is 5.11 Å². The molecule has 2 atom stereocenters. The van der Waals surface area contributed by atoms with E-state index in [9.17, 15) is 0 Å². The van der Waals surface area contributed by atoms with E-state index in [0.717, 1.165) is 12.2 Å². The van der Waals surface area contributed by atoms with Crippen LogP contribution in [-0.2, 0) is 6.54 Å². The molecule has 2 aromatic rings. The van der Waals surface area contributed by atoms with Gasteiger partial charge in [-0.3, -0.25) is 4.68 Å². The fourth-order valence-corrected chi connectivity index (χ4v) is 3.61. The molecule has 1 saturated carbocycles. The maximum Gasteiger partial charge on any atom is 0.171 e. The SMILES string of the molecule is Cc1ccccc1Cn1cc(NC(=S)N[C@H]2CCCC[C@H]2C)cn1. The van der Waals surface area contributed by atoms with Crippen LogP contribution in [0.5, 0.6) is 0 Å². The number of nitrogens with one attached hydrogen (secondary N) is 2. The van der Waals surface area contributed by atoms with Gasteiger partial charge < -0.3 is 10.6 Å². The average molecular weight is 343 g/mol. The van der Waals surface area contributed by atoms with Crippen LogP contribution in [0.15, 0.2) is 36.7 Å². The Labute approximate surface area is 149 Å². The van der Waals surface area contributed by atoms with Crippen LogP contribution in [0.4, 0.5) is 5.69 Å². The summed E-state index contributed by atoms with van der Waals surface area (Å²) in [4.78, 5) is 0. The summed E-state index contributed by atoms with van der Waals surface area (Å²) in [6.07, 6.45) is 8.95. The molecule has 1 aliphatic rings. The zero-order valence-corrected chi connectivity index (χ0v) is 15.3. The van der Waals surface area contributed by atoms with Crippen molar-refractivity contribution in [3.8, 4) is 0 Å². The van der Waals surface area contributed by atoms with Gasteiger partial charge in [-0.2, -0.15) is 5.10 Å². The Balaban J connectivity index is 1.55. The molecule has 3 rings (SSSR count). The number of thiocarbonyl (C=S) groups is 1. The van der Waals surface area contributed by atoms with Crippen LogP contribution < -0.4 is 10.6 Å². The minimum atomic E-state index is 0.487. The highest BCUT2D eigenvalue weighted by Crippen LogP contribution is 2.23. The van der Waals surface area contributed by atoms with Gasteiger partial charge in [0.25, 0.3) is 0 Å². The van der Waals surface area contributed by atoms with Crippen LogP contribution in [-0.4, -0.2) is 20.9 Å². The predicted molar refractivity (Wildman–Crippen MR) is 103 cm³/mol. The van der Waals surface area contributed by atoms with Gasteiger partial charge in [0.1, 0.15) is 0 Å². The van der Waals surface area contributed by atoms with Crippen LogP contribution in [0, 0.1) is 12.8 Å². The highest BCUT2D eigenvalue weighted by atomic mass is 32.1. The number of aryl methyl sites for hydroxylation is 1. The average Bonchev–Trinajstić information content (AvgIpc) is 2.99. The molecule has 5 heteroatoms. The van der Waals surface area contributed by atoms with Crippen molar-refractivity contribution in [2.45, 2.75) is 52.1 Å². The summed E-state index contributed by atoms with van der Waals surface area (Å²) in [7, 11) is 0. The second-order valence-electron chi connectivity index (χ2n) is 6.82. The van der Waals surface area contributed by atoms with E-state index in [1.807, 2.05) is 17.1 Å². The molecule has 1 fully saturated rings. The molecule has 1 aromatic carbocycles. The monoisotopic (exact) mass is 342 g/mol. The van der Waals surface area contributed by atoms with Gasteiger partial charge in [-0.1, -0.05) is 44.0 Å². The first-order chi connectivity index (χ1) is 11.6. The van der Waals surface area contributed by atoms with Gasteiger partial charge in [0.05, 0.1) is 18.4 Å². The topological polar surface area (TPSA) is 41.9 Å². The molecule has 1 aliphatic carbocycles. The summed E-state index contributed by atoms with van der Waals surface area (Å²) in [5.74, 6) is 0.683. The van der Waals surface area contributed by atoms with Gasteiger partial charge in [-0.05, 0) is 49.0 Å². The van der Waals surface area contributed by atoms with Gasteiger partial charge in [0, 0.05) is 12.2 Å². The summed E-state index contributed by atoms with van der Waals surface area (Å²) in [6.45, 7) is 5.20. The standard InChI is InChI=1S/C19H26N4S/c1-14-7-3-5-9-16(14)12-23-13-17(11-20-23)21-19(24)22-18-10-6-4-8-15(18)2/h3,5,7,9,11,13,15,18H,4,6,8,10,12H2,1-2H3,(H2,21,22,24)/t15-,18+/m1/s1. The lowest BCUT2D eigenvalue weighted by Gasteiger charge is -2.30. The zero-order valence-electron chi connectivity index (χ0n) is 14.5. The lowest BCUT2D eigenvalue weighted by molar-refractivity contribution is 0.309. The van der Waals surface area contributed by atoms with Crippen molar-refractivity contribution < 1.29 is 0 Å². The first-order valence-corrected chi connectivity index (χ1v) is 9.17. The van der Waals surface area contributed by atoms with E-state index in [1.165, 1.54) is 36.8 Å². The Kier molecular flexibility index (Phi) is 5.51. The minimum absolute atomic E-state index is 0.487. The van der Waals surface area contributed by atoms with E-state index in [4.69, 9.17) is 12.2 Å². The molecule has 128 valence electrons. The molecule has 0 unspecified atom stereocenters. The number of nitrogens with zero attached hydrogens (tertiary/aromatic N) is 2. The molecule has 0 amide bonds. The third-order valence-electron chi connectivity index (χ3n) is 4.91. The molecule has 0 bridgehead atoms. The van der Waals surface area contributed by atoms with E-state index in [2.05, 4.69) is 53.8 Å². The van der Waals surface area contributed by atoms with Gasteiger partial charge in [-0.25, -0.2) is 0 Å². The number of aromatic nitrogens is 2. The van der Waals surface area contributed by atoms with Gasteiger partial charge in [0.2, 0.25) is 0 Å². The third-order valence-corrected chi connectivity index (χ3v) is 5.13. The van der Waals surface area contributed by atoms with Gasteiger partial charge in [-0.15, -0.1) is 0 Å². The fraction of sp³-hybridized carbons (Fsp3) is 0.474. The summed E-state index contributed by atoms with van der Waals surface area (Å²) < 4.78 is 1.94. The molecule has 0 saturated heterocycles. The lowest BCUT2D eigenvalue weighted by atomic mass is 9.86. The van der Waals surface area contributed by atoms with E-state index >= 15 is 0 Å². The Morgan fingerprint density at radius 1 is 1.29 bits per heavy atom. The molecule has 1 aromatic heterocycles. The predicted octanol–water partition coefficient (Wildman–Crippen LogP) is 4.10. The van der Waals surface area contributed by atoms with Crippen molar-refractivity contribution >= 4 is 23.0 Å². The molecular formula is C19H26N4S. The summed E-state index contributed by atoms with van der Waals surface area (Å²) in [6, 6.07) is 8.88. The largest absolute Gasteiger partial charge is 0.359 e. The van der Waals surface area contributed by atoms with E-state index in [1.54, 1.807) is 0 Å². The van der Waals surface area contributed by atoms with E-state index < -0.39 is 0 Å². The Morgan fingerprint density at radius 2 is 2.08 bits per heavy atom. The Hall–Kier alpha value is -1.88. The normalized spacial score (nSPS) is 20.6. The molecule has 4 nitrogen and oxygen atoms in total. The van der Waals surface area contributed by atoms with Crippen molar-refractivity contribution in [3.63, 3.8) is 0 Å². The molecule has 2 N–H and O–H groups in total. The second kappa shape index (κ2) is 7.79. The number of benzene rings is 1. The quantitative estimate of drug-likeness (QED) is 0.821. The smallest absolute Gasteiger partial charge is 0.171 e. The van der Waals surface area contributed by atoms with Crippen LogP contribution in [0.3, 0.4) is 0 Å². The lowest BCUT2D eigenvalue weighted by Crippen LogP contribution is -2.43. The van der Waals surface area contributed by atoms with Crippen molar-refractivity contribution in [2.24, 2.45) is 5.92 Å². The molecule has 0 aliphatic heterocycles. The highest BCUT2D eigenvalue weighted by Gasteiger charge is 2.21. The third kappa shape index (κ3) is 4.35. The van der Waals surface area contributed by atoms with Crippen molar-refractivity contribution in [1.82, 2.24) is 15.1 Å².